The number of nitrogens with zero attached hydrogens (tertiary/aromatic N) is 1. The van der Waals surface area contributed by atoms with Crippen LogP contribution in [0.3, 0.4) is 0 Å². The smallest absolute Gasteiger partial charge is 0.261 e. The molecule has 2 amide bonds. The van der Waals surface area contributed by atoms with Gasteiger partial charge in [-0.05, 0) is 63.6 Å². The third-order valence-corrected chi connectivity index (χ3v) is 5.78. The lowest BCUT2D eigenvalue weighted by molar-refractivity contribution is -0.142. The predicted octanol–water partition coefficient (Wildman–Crippen LogP) is 6.12. The number of halogens is 4. The molecule has 0 radical (unpaired) electrons. The molecule has 0 aromatic heterocycles. The van der Waals surface area contributed by atoms with Crippen LogP contribution in [-0.4, -0.2) is 34.9 Å². The minimum absolute atomic E-state index is 0.159. The summed E-state index contributed by atoms with van der Waals surface area (Å²) in [4.78, 5) is 27.3. The molecule has 0 aliphatic carbocycles. The van der Waals surface area contributed by atoms with E-state index in [0.717, 1.165) is 10.0 Å². The molecule has 5 nitrogen and oxygen atoms in total. The van der Waals surface area contributed by atoms with E-state index in [4.69, 9.17) is 39.5 Å². The number of carbonyl (C=O) groups is 2. The fourth-order valence-corrected chi connectivity index (χ4v) is 3.75. The van der Waals surface area contributed by atoms with E-state index in [0.29, 0.717) is 20.8 Å². The van der Waals surface area contributed by atoms with Crippen LogP contribution in [0.25, 0.3) is 0 Å². The first kappa shape index (κ1) is 25.8. The third-order valence-electron chi connectivity index (χ3n) is 4.25. The number of hydrogen-bond donors (Lipinski definition) is 1. The molecule has 0 aliphatic heterocycles. The van der Waals surface area contributed by atoms with Gasteiger partial charge in [0.1, 0.15) is 11.8 Å². The van der Waals surface area contributed by atoms with E-state index in [9.17, 15) is 9.59 Å². The third kappa shape index (κ3) is 7.86. The van der Waals surface area contributed by atoms with Crippen LogP contribution in [0, 0.1) is 0 Å². The number of ether oxygens (including phenoxy) is 1. The molecule has 168 valence electrons. The Morgan fingerprint density at radius 1 is 1.06 bits per heavy atom. The van der Waals surface area contributed by atoms with E-state index in [-0.39, 0.29) is 25.0 Å². The Hall–Kier alpha value is -1.47. The van der Waals surface area contributed by atoms with Crippen molar-refractivity contribution in [3.63, 3.8) is 0 Å². The molecule has 1 N–H and O–H groups in total. The van der Waals surface area contributed by atoms with E-state index in [1.165, 1.54) is 4.90 Å². The van der Waals surface area contributed by atoms with Crippen LogP contribution in [0.1, 0.15) is 33.3 Å². The maximum absolute atomic E-state index is 13.1. The number of carbonyl (C=O) groups excluding carboxylic acids is 2. The largest absolute Gasteiger partial charge is 0.482 e. The molecule has 2 aromatic carbocycles. The molecule has 1 atom stereocenters. The van der Waals surface area contributed by atoms with E-state index < -0.39 is 11.6 Å². The van der Waals surface area contributed by atoms with Crippen molar-refractivity contribution in [2.45, 2.75) is 45.8 Å². The van der Waals surface area contributed by atoms with Crippen LogP contribution in [0.4, 0.5) is 0 Å². The highest BCUT2D eigenvalue weighted by Gasteiger charge is 2.29. The quantitative estimate of drug-likeness (QED) is 0.452. The first-order valence-electron chi connectivity index (χ1n) is 9.50. The van der Waals surface area contributed by atoms with Crippen molar-refractivity contribution in [2.75, 3.05) is 6.61 Å². The maximum Gasteiger partial charge on any atom is 0.261 e. The summed E-state index contributed by atoms with van der Waals surface area (Å²) in [6.45, 7) is 7.18. The van der Waals surface area contributed by atoms with E-state index >= 15 is 0 Å². The zero-order chi connectivity index (χ0) is 23.3. The van der Waals surface area contributed by atoms with Gasteiger partial charge in [0.25, 0.3) is 5.91 Å². The van der Waals surface area contributed by atoms with Crippen LogP contribution >= 0.6 is 50.7 Å². The SMILES string of the molecule is C[C@@H](C(=O)NC(C)(C)C)N(Cc1ccc(Cl)c(Cl)c1)C(=O)COc1ccc(Br)cc1Cl. The van der Waals surface area contributed by atoms with Gasteiger partial charge in [-0.2, -0.15) is 0 Å². The maximum atomic E-state index is 13.1. The van der Waals surface area contributed by atoms with Gasteiger partial charge in [0.15, 0.2) is 6.61 Å². The first-order valence-corrected chi connectivity index (χ1v) is 11.4. The second-order valence-electron chi connectivity index (χ2n) is 8.05. The fraction of sp³-hybridized carbons (Fsp3) is 0.364. The number of amides is 2. The van der Waals surface area contributed by atoms with Gasteiger partial charge in [0.05, 0.1) is 15.1 Å². The van der Waals surface area contributed by atoms with Gasteiger partial charge in [-0.15, -0.1) is 0 Å². The normalized spacial score (nSPS) is 12.3. The summed E-state index contributed by atoms with van der Waals surface area (Å²) in [7, 11) is 0. The van der Waals surface area contributed by atoms with E-state index in [2.05, 4.69) is 21.2 Å². The summed E-state index contributed by atoms with van der Waals surface area (Å²) in [6, 6.07) is 9.44. The van der Waals surface area contributed by atoms with Crippen LogP contribution in [-0.2, 0) is 16.1 Å². The van der Waals surface area contributed by atoms with Gasteiger partial charge in [-0.25, -0.2) is 0 Å². The fourth-order valence-electron chi connectivity index (χ4n) is 2.71. The lowest BCUT2D eigenvalue weighted by atomic mass is 10.1. The molecule has 0 saturated heterocycles. The average molecular weight is 551 g/mol. The number of nitrogens with one attached hydrogen (secondary N) is 1. The van der Waals surface area contributed by atoms with Crippen LogP contribution in [0.2, 0.25) is 15.1 Å². The molecular weight excluding hydrogens is 527 g/mol. The van der Waals surface area contributed by atoms with Gasteiger partial charge in [-0.1, -0.05) is 56.8 Å². The highest BCUT2D eigenvalue weighted by Crippen LogP contribution is 2.28. The van der Waals surface area contributed by atoms with Crippen LogP contribution in [0.15, 0.2) is 40.9 Å². The number of rotatable bonds is 7. The molecule has 2 aromatic rings. The second-order valence-corrected chi connectivity index (χ2v) is 10.2. The minimum Gasteiger partial charge on any atom is -0.482 e. The Bertz CT molecular complexity index is 964. The Morgan fingerprint density at radius 2 is 1.74 bits per heavy atom. The molecule has 0 saturated carbocycles. The van der Waals surface area contributed by atoms with Crippen molar-refractivity contribution in [3.8, 4) is 5.75 Å². The van der Waals surface area contributed by atoms with Crippen LogP contribution in [0.5, 0.6) is 5.75 Å². The van der Waals surface area contributed by atoms with Crippen molar-refractivity contribution < 1.29 is 14.3 Å². The predicted molar refractivity (Wildman–Crippen MR) is 129 cm³/mol. The lowest BCUT2D eigenvalue weighted by Gasteiger charge is -2.31. The van der Waals surface area contributed by atoms with E-state index in [1.54, 1.807) is 43.3 Å². The lowest BCUT2D eigenvalue weighted by Crippen LogP contribution is -2.53. The van der Waals surface area contributed by atoms with Gasteiger partial charge in [0.2, 0.25) is 5.91 Å². The monoisotopic (exact) mass is 548 g/mol. The molecule has 0 unspecified atom stereocenters. The van der Waals surface area contributed by atoms with Gasteiger partial charge >= 0.3 is 0 Å². The highest BCUT2D eigenvalue weighted by atomic mass is 79.9. The Morgan fingerprint density at radius 3 is 2.32 bits per heavy atom. The molecule has 0 bridgehead atoms. The average Bonchev–Trinajstić information content (AvgIpc) is 2.66. The molecule has 31 heavy (non-hydrogen) atoms. The van der Waals surface area contributed by atoms with Crippen molar-refractivity contribution in [3.05, 3.63) is 61.5 Å². The Labute approximate surface area is 206 Å². The Kier molecular flexibility index (Phi) is 9.07. The molecule has 0 spiro atoms. The molecule has 0 heterocycles. The molecule has 0 aliphatic rings. The van der Waals surface area contributed by atoms with Crippen molar-refractivity contribution >= 4 is 62.5 Å². The standard InChI is InChI=1S/C22H24BrCl3N2O3/c1-13(21(30)27-22(2,3)4)28(11-14-5-7-16(24)17(25)9-14)20(29)12-31-19-8-6-15(23)10-18(19)26/h5-10,13H,11-12H2,1-4H3,(H,27,30)/t13-/m0/s1. The second kappa shape index (κ2) is 10.9. The molecule has 9 heteroatoms. The summed E-state index contributed by atoms with van der Waals surface area (Å²) in [5.41, 5.74) is 0.297. The summed E-state index contributed by atoms with van der Waals surface area (Å²) < 4.78 is 6.42. The summed E-state index contributed by atoms with van der Waals surface area (Å²) in [5.74, 6) is -0.274. The Balaban J connectivity index is 2.23. The van der Waals surface area contributed by atoms with Crippen molar-refractivity contribution in [1.29, 1.82) is 0 Å². The summed E-state index contributed by atoms with van der Waals surface area (Å²) in [6.07, 6.45) is 0. The zero-order valence-corrected chi connectivity index (χ0v) is 21.5. The number of hydrogen-bond acceptors (Lipinski definition) is 3. The molecular formula is C22H24BrCl3N2O3. The zero-order valence-electron chi connectivity index (χ0n) is 17.6. The van der Waals surface area contributed by atoms with Gasteiger partial charge in [-0.3, -0.25) is 9.59 Å². The van der Waals surface area contributed by atoms with Gasteiger partial charge < -0.3 is 15.0 Å². The number of benzene rings is 2. The molecule has 0 fully saturated rings. The summed E-state index contributed by atoms with van der Waals surface area (Å²) >= 11 is 21.6. The first-order chi connectivity index (χ1) is 14.4. The highest BCUT2D eigenvalue weighted by molar-refractivity contribution is 9.10. The summed E-state index contributed by atoms with van der Waals surface area (Å²) in [5, 5.41) is 4.06. The van der Waals surface area contributed by atoms with Crippen molar-refractivity contribution in [1.82, 2.24) is 10.2 Å². The van der Waals surface area contributed by atoms with Crippen molar-refractivity contribution in [2.24, 2.45) is 0 Å². The minimum atomic E-state index is -0.745. The molecule has 2 rings (SSSR count). The topological polar surface area (TPSA) is 58.6 Å². The van der Waals surface area contributed by atoms with E-state index in [1.807, 2.05) is 20.8 Å². The van der Waals surface area contributed by atoms with Crippen LogP contribution < -0.4 is 10.1 Å². The van der Waals surface area contributed by atoms with Gasteiger partial charge in [0, 0.05) is 16.6 Å².